The zero-order chi connectivity index (χ0) is 9.42. The van der Waals surface area contributed by atoms with Gasteiger partial charge in [-0.25, -0.2) is 0 Å². The van der Waals surface area contributed by atoms with Crippen molar-refractivity contribution >= 4 is 43.6 Å². The Morgan fingerprint density at radius 1 is 1.38 bits per heavy atom. The average Bonchev–Trinajstić information content (AvgIpc) is 2.47. The van der Waals surface area contributed by atoms with Crippen LogP contribution in [0.4, 0.5) is 0 Å². The number of hydrogen-bond acceptors (Lipinski definition) is 2. The Morgan fingerprint density at radius 2 is 2.15 bits per heavy atom. The summed E-state index contributed by atoms with van der Waals surface area (Å²) in [6.07, 6.45) is 0.895. The van der Waals surface area contributed by atoms with Crippen molar-refractivity contribution < 1.29 is 4.79 Å². The summed E-state index contributed by atoms with van der Waals surface area (Å²) in [6, 6.07) is 6.07. The van der Waals surface area contributed by atoms with Gasteiger partial charge in [-0.2, -0.15) is 0 Å². The molecule has 0 saturated carbocycles. The van der Waals surface area contributed by atoms with Gasteiger partial charge >= 0.3 is 0 Å². The van der Waals surface area contributed by atoms with Crippen LogP contribution < -0.4 is 0 Å². The predicted molar refractivity (Wildman–Crippen MR) is 59.6 cm³/mol. The number of halogens is 1. The lowest BCUT2D eigenvalue weighted by Crippen LogP contribution is -1.71. The van der Waals surface area contributed by atoms with Crippen LogP contribution in [0.25, 0.3) is 10.1 Å². The number of carbonyl (C=O) groups is 1. The Bertz CT molecular complexity index is 473. The summed E-state index contributed by atoms with van der Waals surface area (Å²) in [4.78, 5) is 11.3. The van der Waals surface area contributed by atoms with Crippen molar-refractivity contribution in [3.63, 3.8) is 0 Å². The van der Waals surface area contributed by atoms with E-state index in [2.05, 4.69) is 28.1 Å². The second kappa shape index (κ2) is 3.24. The van der Waals surface area contributed by atoms with E-state index in [1.807, 2.05) is 13.0 Å². The van der Waals surface area contributed by atoms with Crippen LogP contribution in [0.1, 0.15) is 15.2 Å². The first kappa shape index (κ1) is 8.91. The number of rotatable bonds is 1. The van der Waals surface area contributed by atoms with E-state index in [9.17, 15) is 4.79 Å². The van der Waals surface area contributed by atoms with Gasteiger partial charge < -0.3 is 0 Å². The lowest BCUT2D eigenvalue weighted by atomic mass is 10.2. The molecule has 0 aliphatic heterocycles. The van der Waals surface area contributed by atoms with Gasteiger partial charge in [0, 0.05) is 9.17 Å². The van der Waals surface area contributed by atoms with Crippen molar-refractivity contribution in [1.82, 2.24) is 0 Å². The molecule has 1 heterocycles. The fraction of sp³-hybridized carbons (Fsp3) is 0.100. The van der Waals surface area contributed by atoms with Gasteiger partial charge in [-0.1, -0.05) is 6.07 Å². The van der Waals surface area contributed by atoms with Crippen molar-refractivity contribution in [2.75, 3.05) is 0 Å². The fourth-order valence-corrected chi connectivity index (χ4v) is 3.02. The minimum absolute atomic E-state index is 0.779. The number of carbonyl (C=O) groups excluding carboxylic acids is 1. The van der Waals surface area contributed by atoms with Crippen molar-refractivity contribution in [2.45, 2.75) is 6.92 Å². The lowest BCUT2D eigenvalue weighted by molar-refractivity contribution is 0.112. The number of benzene rings is 1. The normalized spacial score (nSPS) is 10.6. The minimum atomic E-state index is 0.779. The van der Waals surface area contributed by atoms with Crippen molar-refractivity contribution in [3.05, 3.63) is 33.1 Å². The van der Waals surface area contributed by atoms with Crippen LogP contribution >= 0.6 is 27.3 Å². The molecule has 1 aromatic carbocycles. The molecule has 1 aromatic heterocycles. The first-order valence-corrected chi connectivity index (χ1v) is 5.46. The molecule has 0 spiro atoms. The number of thiophene rings is 1. The average molecular weight is 255 g/mol. The van der Waals surface area contributed by atoms with Crippen LogP contribution in [0.5, 0.6) is 0 Å². The zero-order valence-corrected chi connectivity index (χ0v) is 9.41. The summed E-state index contributed by atoms with van der Waals surface area (Å²) >= 11 is 5.00. The van der Waals surface area contributed by atoms with Crippen LogP contribution in [-0.4, -0.2) is 6.29 Å². The topological polar surface area (TPSA) is 17.1 Å². The van der Waals surface area contributed by atoms with Crippen LogP contribution in [0.2, 0.25) is 0 Å². The van der Waals surface area contributed by atoms with Crippen molar-refractivity contribution in [3.8, 4) is 0 Å². The predicted octanol–water partition coefficient (Wildman–Crippen LogP) is 3.78. The van der Waals surface area contributed by atoms with E-state index in [0.29, 0.717) is 0 Å². The lowest BCUT2D eigenvalue weighted by Gasteiger charge is -1.95. The first-order valence-electron chi connectivity index (χ1n) is 3.85. The van der Waals surface area contributed by atoms with Crippen LogP contribution in [-0.2, 0) is 0 Å². The molecule has 2 rings (SSSR count). The summed E-state index contributed by atoms with van der Waals surface area (Å²) < 4.78 is 2.22. The third-order valence-corrected chi connectivity index (χ3v) is 3.85. The Balaban J connectivity index is 2.82. The number of hydrogen-bond donors (Lipinski definition) is 0. The standard InChI is InChI=1S/C10H7BrOS/c1-6-2-7-4-8(5-12)13-10(7)9(11)3-6/h2-5H,1H3. The largest absolute Gasteiger partial charge is 0.297 e. The molecule has 0 radical (unpaired) electrons. The van der Waals surface area contributed by atoms with Gasteiger partial charge in [0.2, 0.25) is 0 Å². The number of aryl methyl sites for hydroxylation is 1. The molecule has 0 amide bonds. The molecule has 2 aromatic rings. The van der Waals surface area contributed by atoms with Crippen molar-refractivity contribution in [1.29, 1.82) is 0 Å². The smallest absolute Gasteiger partial charge is 0.160 e. The Kier molecular flexibility index (Phi) is 2.22. The van der Waals surface area contributed by atoms with Gasteiger partial charge in [-0.15, -0.1) is 11.3 Å². The highest BCUT2D eigenvalue weighted by molar-refractivity contribution is 9.10. The second-order valence-electron chi connectivity index (χ2n) is 2.93. The third-order valence-electron chi connectivity index (χ3n) is 1.85. The zero-order valence-electron chi connectivity index (χ0n) is 7.00. The van der Waals surface area contributed by atoms with E-state index >= 15 is 0 Å². The molecule has 0 saturated heterocycles. The number of fused-ring (bicyclic) bond motifs is 1. The van der Waals surface area contributed by atoms with Crippen LogP contribution in [0.3, 0.4) is 0 Å². The maximum atomic E-state index is 10.6. The first-order chi connectivity index (χ1) is 6.20. The summed E-state index contributed by atoms with van der Waals surface area (Å²) in [5.74, 6) is 0. The highest BCUT2D eigenvalue weighted by atomic mass is 79.9. The number of aldehydes is 1. The molecule has 3 heteroatoms. The van der Waals surface area contributed by atoms with Gasteiger partial charge in [0.1, 0.15) is 0 Å². The van der Waals surface area contributed by atoms with Gasteiger partial charge in [-0.05, 0) is 45.9 Å². The summed E-state index contributed by atoms with van der Waals surface area (Å²) in [5, 5.41) is 1.14. The second-order valence-corrected chi connectivity index (χ2v) is 4.87. The van der Waals surface area contributed by atoms with E-state index in [4.69, 9.17) is 0 Å². The molecule has 0 N–H and O–H groups in total. The summed E-state index contributed by atoms with van der Waals surface area (Å²) in [5.41, 5.74) is 1.20. The SMILES string of the molecule is Cc1cc(Br)c2sc(C=O)cc2c1. The Hall–Kier alpha value is -0.670. The summed E-state index contributed by atoms with van der Waals surface area (Å²) in [7, 11) is 0. The van der Waals surface area contributed by atoms with Gasteiger partial charge in [-0.3, -0.25) is 4.79 Å². The van der Waals surface area contributed by atoms with Crippen molar-refractivity contribution in [2.24, 2.45) is 0 Å². The summed E-state index contributed by atoms with van der Waals surface area (Å²) in [6.45, 7) is 2.04. The maximum Gasteiger partial charge on any atom is 0.160 e. The highest BCUT2D eigenvalue weighted by Gasteiger charge is 2.04. The van der Waals surface area contributed by atoms with E-state index < -0.39 is 0 Å². The highest BCUT2D eigenvalue weighted by Crippen LogP contribution is 2.32. The van der Waals surface area contributed by atoms with Crippen LogP contribution in [0, 0.1) is 6.92 Å². The molecule has 0 fully saturated rings. The molecule has 0 atom stereocenters. The molecule has 66 valence electrons. The molecule has 13 heavy (non-hydrogen) atoms. The van der Waals surface area contributed by atoms with E-state index in [0.717, 1.165) is 25.7 Å². The fourth-order valence-electron chi connectivity index (χ4n) is 1.33. The monoisotopic (exact) mass is 254 g/mol. The molecular weight excluding hydrogens is 248 g/mol. The molecule has 1 nitrogen and oxygen atoms in total. The van der Waals surface area contributed by atoms with Gasteiger partial charge in [0.15, 0.2) is 6.29 Å². The molecule has 0 unspecified atom stereocenters. The van der Waals surface area contributed by atoms with Crippen LogP contribution in [0.15, 0.2) is 22.7 Å². The van der Waals surface area contributed by atoms with E-state index in [1.165, 1.54) is 16.9 Å². The molecule has 0 aliphatic carbocycles. The van der Waals surface area contributed by atoms with E-state index in [1.54, 1.807) is 0 Å². The maximum absolute atomic E-state index is 10.6. The van der Waals surface area contributed by atoms with Gasteiger partial charge in [0.25, 0.3) is 0 Å². The Labute approximate surface area is 88.5 Å². The molecule has 0 bridgehead atoms. The minimum Gasteiger partial charge on any atom is -0.297 e. The Morgan fingerprint density at radius 3 is 2.85 bits per heavy atom. The molecule has 0 aliphatic rings. The van der Waals surface area contributed by atoms with E-state index in [-0.39, 0.29) is 0 Å². The van der Waals surface area contributed by atoms with Gasteiger partial charge in [0.05, 0.1) is 4.88 Å². The molecular formula is C10H7BrOS. The quantitative estimate of drug-likeness (QED) is 0.708. The third kappa shape index (κ3) is 1.54.